The topological polar surface area (TPSA) is 60.9 Å². The molecule has 2 fully saturated rings. The monoisotopic (exact) mass is 240 g/mol. The number of carboxylic acid groups (broad SMARTS) is 1. The summed E-state index contributed by atoms with van der Waals surface area (Å²) in [6.07, 6.45) is 3.87. The molecule has 2 aliphatic rings. The Morgan fingerprint density at radius 1 is 1.29 bits per heavy atom. The highest BCUT2D eigenvalue weighted by atomic mass is 16.4. The average molecular weight is 240 g/mol. The molecule has 5 heteroatoms. The molecule has 2 rings (SSSR count). The lowest BCUT2D eigenvalue weighted by Gasteiger charge is -2.39. The Hall–Kier alpha value is -1.26. The molecule has 0 radical (unpaired) electrons. The van der Waals surface area contributed by atoms with Gasteiger partial charge in [-0.1, -0.05) is 6.92 Å². The van der Waals surface area contributed by atoms with Gasteiger partial charge in [0.05, 0.1) is 0 Å². The summed E-state index contributed by atoms with van der Waals surface area (Å²) in [6.45, 7) is 2.48. The summed E-state index contributed by atoms with van der Waals surface area (Å²) in [5, 5.41) is 9.25. The standard InChI is InChI=1S/C12H20N2O3/c1-8-4-3-7-14(10(8)11(15)16)12(17)13(2)9-5-6-9/h8-10H,3-7H2,1-2H3,(H,15,16). The first-order chi connectivity index (χ1) is 8.02. The van der Waals surface area contributed by atoms with E-state index >= 15 is 0 Å². The zero-order valence-electron chi connectivity index (χ0n) is 10.4. The van der Waals surface area contributed by atoms with Crippen molar-refractivity contribution in [2.45, 2.75) is 44.7 Å². The van der Waals surface area contributed by atoms with E-state index in [0.717, 1.165) is 25.7 Å². The molecule has 1 aliphatic heterocycles. The molecule has 2 unspecified atom stereocenters. The molecule has 5 nitrogen and oxygen atoms in total. The van der Waals surface area contributed by atoms with Crippen LogP contribution < -0.4 is 0 Å². The van der Waals surface area contributed by atoms with Crippen LogP contribution >= 0.6 is 0 Å². The minimum atomic E-state index is -0.880. The van der Waals surface area contributed by atoms with Gasteiger partial charge in [-0.05, 0) is 31.6 Å². The zero-order chi connectivity index (χ0) is 12.6. The van der Waals surface area contributed by atoms with Gasteiger partial charge in [0.1, 0.15) is 6.04 Å². The first-order valence-corrected chi connectivity index (χ1v) is 6.28. The fourth-order valence-electron chi connectivity index (χ4n) is 2.60. The summed E-state index contributed by atoms with van der Waals surface area (Å²) in [7, 11) is 1.78. The molecule has 0 spiro atoms. The van der Waals surface area contributed by atoms with E-state index in [4.69, 9.17) is 0 Å². The average Bonchev–Trinajstić information content (AvgIpc) is 3.10. The van der Waals surface area contributed by atoms with Crippen molar-refractivity contribution in [3.63, 3.8) is 0 Å². The van der Waals surface area contributed by atoms with Crippen LogP contribution in [0, 0.1) is 5.92 Å². The van der Waals surface area contributed by atoms with E-state index in [-0.39, 0.29) is 11.9 Å². The van der Waals surface area contributed by atoms with E-state index in [9.17, 15) is 14.7 Å². The fourth-order valence-corrected chi connectivity index (χ4v) is 2.60. The lowest BCUT2D eigenvalue weighted by molar-refractivity contribution is -0.145. The van der Waals surface area contributed by atoms with E-state index in [1.807, 2.05) is 6.92 Å². The molecule has 0 bridgehead atoms. The highest BCUT2D eigenvalue weighted by Gasteiger charge is 2.40. The Bertz CT molecular complexity index is 328. The molecule has 1 N–H and O–H groups in total. The Kier molecular flexibility index (Phi) is 3.26. The molecule has 2 atom stereocenters. The minimum Gasteiger partial charge on any atom is -0.480 e. The van der Waals surface area contributed by atoms with Gasteiger partial charge in [-0.2, -0.15) is 0 Å². The van der Waals surface area contributed by atoms with Crippen LogP contribution in [0.25, 0.3) is 0 Å². The zero-order valence-corrected chi connectivity index (χ0v) is 10.4. The number of amides is 2. The number of carbonyl (C=O) groups is 2. The van der Waals surface area contributed by atoms with E-state index in [1.165, 1.54) is 4.90 Å². The van der Waals surface area contributed by atoms with Crippen molar-refractivity contribution in [2.24, 2.45) is 5.92 Å². The van der Waals surface area contributed by atoms with Gasteiger partial charge in [-0.3, -0.25) is 0 Å². The number of carboxylic acids is 1. The van der Waals surface area contributed by atoms with Crippen LogP contribution in [-0.4, -0.2) is 52.6 Å². The van der Waals surface area contributed by atoms with Gasteiger partial charge in [0.25, 0.3) is 0 Å². The summed E-state index contributed by atoms with van der Waals surface area (Å²) < 4.78 is 0. The predicted molar refractivity (Wildman–Crippen MR) is 62.7 cm³/mol. The fraction of sp³-hybridized carbons (Fsp3) is 0.833. The maximum absolute atomic E-state index is 12.2. The van der Waals surface area contributed by atoms with E-state index in [0.29, 0.717) is 12.6 Å². The third kappa shape index (κ3) is 2.37. The Morgan fingerprint density at radius 2 is 1.94 bits per heavy atom. The maximum atomic E-state index is 12.2. The maximum Gasteiger partial charge on any atom is 0.326 e. The van der Waals surface area contributed by atoms with Crippen LogP contribution in [-0.2, 0) is 4.79 Å². The molecule has 0 aromatic rings. The largest absolute Gasteiger partial charge is 0.480 e. The second kappa shape index (κ2) is 4.55. The van der Waals surface area contributed by atoms with E-state index < -0.39 is 12.0 Å². The van der Waals surface area contributed by atoms with Crippen LogP contribution in [0.5, 0.6) is 0 Å². The van der Waals surface area contributed by atoms with Crippen molar-refractivity contribution >= 4 is 12.0 Å². The number of hydrogen-bond donors (Lipinski definition) is 1. The molecular weight excluding hydrogens is 220 g/mol. The number of hydrogen-bond acceptors (Lipinski definition) is 2. The molecule has 96 valence electrons. The van der Waals surface area contributed by atoms with Crippen molar-refractivity contribution in [1.29, 1.82) is 0 Å². The number of piperidine rings is 1. The van der Waals surface area contributed by atoms with Crippen molar-refractivity contribution < 1.29 is 14.7 Å². The number of likely N-dealkylation sites (tertiary alicyclic amines) is 1. The van der Waals surface area contributed by atoms with Crippen molar-refractivity contribution in [3.05, 3.63) is 0 Å². The summed E-state index contributed by atoms with van der Waals surface area (Å²) in [6, 6.07) is -0.446. The van der Waals surface area contributed by atoms with Crippen LogP contribution in [0.15, 0.2) is 0 Å². The number of urea groups is 1. The quantitative estimate of drug-likeness (QED) is 0.793. The summed E-state index contributed by atoms with van der Waals surface area (Å²) in [5.74, 6) is -0.840. The second-order valence-corrected chi connectivity index (χ2v) is 5.22. The van der Waals surface area contributed by atoms with Crippen molar-refractivity contribution in [1.82, 2.24) is 9.80 Å². The molecule has 1 saturated heterocycles. The summed E-state index contributed by atoms with van der Waals surface area (Å²) >= 11 is 0. The van der Waals surface area contributed by atoms with Crippen LogP contribution in [0.1, 0.15) is 32.6 Å². The van der Waals surface area contributed by atoms with E-state index in [2.05, 4.69) is 0 Å². The normalized spacial score (nSPS) is 28.9. The highest BCUT2D eigenvalue weighted by Crippen LogP contribution is 2.29. The lowest BCUT2D eigenvalue weighted by atomic mass is 9.91. The summed E-state index contributed by atoms with van der Waals surface area (Å²) in [5.41, 5.74) is 0. The molecule has 17 heavy (non-hydrogen) atoms. The van der Waals surface area contributed by atoms with Crippen LogP contribution in [0.3, 0.4) is 0 Å². The van der Waals surface area contributed by atoms with Crippen molar-refractivity contribution in [3.8, 4) is 0 Å². The first kappa shape index (κ1) is 12.2. The molecule has 1 saturated carbocycles. The molecule has 1 heterocycles. The highest BCUT2D eigenvalue weighted by molar-refractivity contribution is 5.83. The number of nitrogens with zero attached hydrogens (tertiary/aromatic N) is 2. The third-order valence-corrected chi connectivity index (χ3v) is 3.83. The lowest BCUT2D eigenvalue weighted by Crippen LogP contribution is -2.55. The SMILES string of the molecule is CC1CCCN(C(=O)N(C)C2CC2)C1C(=O)O. The molecular formula is C12H20N2O3. The molecule has 0 aromatic heterocycles. The third-order valence-electron chi connectivity index (χ3n) is 3.83. The Morgan fingerprint density at radius 3 is 2.47 bits per heavy atom. The molecule has 2 amide bonds. The number of aliphatic carboxylic acids is 1. The predicted octanol–water partition coefficient (Wildman–Crippen LogP) is 1.39. The summed E-state index contributed by atoms with van der Waals surface area (Å²) in [4.78, 5) is 26.7. The van der Waals surface area contributed by atoms with Crippen molar-refractivity contribution in [2.75, 3.05) is 13.6 Å². The second-order valence-electron chi connectivity index (χ2n) is 5.22. The van der Waals surface area contributed by atoms with Gasteiger partial charge in [0.15, 0.2) is 0 Å². The first-order valence-electron chi connectivity index (χ1n) is 6.28. The molecule has 0 aromatic carbocycles. The number of rotatable bonds is 2. The van der Waals surface area contributed by atoms with Crippen LogP contribution in [0.4, 0.5) is 4.79 Å². The van der Waals surface area contributed by atoms with Gasteiger partial charge in [-0.25, -0.2) is 9.59 Å². The smallest absolute Gasteiger partial charge is 0.326 e. The van der Waals surface area contributed by atoms with Crippen LogP contribution in [0.2, 0.25) is 0 Å². The van der Waals surface area contributed by atoms with Gasteiger partial charge in [0, 0.05) is 19.6 Å². The number of carbonyl (C=O) groups excluding carboxylic acids is 1. The van der Waals surface area contributed by atoms with E-state index in [1.54, 1.807) is 11.9 Å². The van der Waals surface area contributed by atoms with Gasteiger partial charge in [-0.15, -0.1) is 0 Å². The Balaban J connectivity index is 2.10. The molecule has 1 aliphatic carbocycles. The van der Waals surface area contributed by atoms with Gasteiger partial charge < -0.3 is 14.9 Å². The Labute approximate surface area is 101 Å². The minimum absolute atomic E-state index is 0.0396. The van der Waals surface area contributed by atoms with Gasteiger partial charge >= 0.3 is 12.0 Å². The van der Waals surface area contributed by atoms with Gasteiger partial charge in [0.2, 0.25) is 0 Å².